The van der Waals surface area contributed by atoms with Crippen molar-refractivity contribution in [1.29, 1.82) is 0 Å². The first-order valence-corrected chi connectivity index (χ1v) is 7.90. The number of carbonyl (C=O) groups is 2. The molecule has 26 heavy (non-hydrogen) atoms. The molecule has 0 radical (unpaired) electrons. The number of aryl methyl sites for hydroxylation is 1. The molecule has 3 N–H and O–H groups in total. The molecule has 0 saturated carbocycles. The highest BCUT2D eigenvalue weighted by atomic mass is 35.5. The first kappa shape index (κ1) is 21.5. The number of hydrogen-bond acceptors (Lipinski definition) is 5. The van der Waals surface area contributed by atoms with Crippen molar-refractivity contribution in [3.05, 3.63) is 59.7 Å². The summed E-state index contributed by atoms with van der Waals surface area (Å²) >= 11 is 0. The van der Waals surface area contributed by atoms with Crippen LogP contribution in [0.2, 0.25) is 0 Å². The maximum absolute atomic E-state index is 12.2. The Morgan fingerprint density at radius 2 is 1.85 bits per heavy atom. The van der Waals surface area contributed by atoms with Crippen LogP contribution < -0.4 is 15.8 Å². The molecule has 2 aromatic carbocycles. The molecule has 0 aliphatic rings. The van der Waals surface area contributed by atoms with Crippen LogP contribution in [0.4, 0.5) is 5.69 Å². The van der Waals surface area contributed by atoms with Crippen molar-refractivity contribution in [2.75, 3.05) is 19.0 Å². The third kappa shape index (κ3) is 6.38. The van der Waals surface area contributed by atoms with E-state index < -0.39 is 5.97 Å². The summed E-state index contributed by atoms with van der Waals surface area (Å²) in [5.74, 6) is -0.0884. The second-order valence-electron chi connectivity index (χ2n) is 5.61. The van der Waals surface area contributed by atoms with Crippen molar-refractivity contribution in [2.45, 2.75) is 19.4 Å². The number of esters is 1. The maximum atomic E-state index is 12.2. The van der Waals surface area contributed by atoms with E-state index in [4.69, 9.17) is 10.5 Å². The second-order valence-corrected chi connectivity index (χ2v) is 5.61. The summed E-state index contributed by atoms with van der Waals surface area (Å²) in [5.41, 5.74) is 8.49. The van der Waals surface area contributed by atoms with Gasteiger partial charge in [0.2, 0.25) is 5.91 Å². The van der Waals surface area contributed by atoms with Gasteiger partial charge < -0.3 is 20.5 Å². The van der Waals surface area contributed by atoms with Gasteiger partial charge in [-0.1, -0.05) is 30.3 Å². The van der Waals surface area contributed by atoms with Crippen molar-refractivity contribution in [3.8, 4) is 5.75 Å². The Morgan fingerprint density at radius 1 is 1.15 bits per heavy atom. The first-order valence-electron chi connectivity index (χ1n) is 7.90. The zero-order chi connectivity index (χ0) is 18.2. The molecule has 2 aromatic rings. The molecule has 140 valence electrons. The average Bonchev–Trinajstić information content (AvgIpc) is 2.62. The number of nitrogens with one attached hydrogen (secondary N) is 1. The summed E-state index contributed by atoms with van der Waals surface area (Å²) in [7, 11) is 1.30. The number of amides is 1. The van der Waals surface area contributed by atoms with Crippen LogP contribution in [0.3, 0.4) is 0 Å². The Labute approximate surface area is 159 Å². The largest absolute Gasteiger partial charge is 0.482 e. The van der Waals surface area contributed by atoms with Crippen LogP contribution in [0.1, 0.15) is 23.6 Å². The molecule has 6 nitrogen and oxygen atoms in total. The standard InChI is InChI=1S/C19H22N2O4.ClH/c1-13-10-15(25-12-19(23)24-2)8-9-17(13)21-18(22)11-16(20)14-6-4-3-5-7-14;/h3-10,16H,11-12,20H2,1-2H3,(H,21,22);1H. The zero-order valence-electron chi connectivity index (χ0n) is 14.7. The summed E-state index contributed by atoms with van der Waals surface area (Å²) in [6.07, 6.45) is 0.185. The molecule has 0 saturated heterocycles. The Morgan fingerprint density at radius 3 is 2.46 bits per heavy atom. The molecule has 1 unspecified atom stereocenters. The molecule has 1 amide bonds. The molecule has 0 aliphatic carbocycles. The first-order chi connectivity index (χ1) is 12.0. The molecule has 0 fully saturated rings. The van der Waals surface area contributed by atoms with Crippen LogP contribution >= 0.6 is 12.4 Å². The van der Waals surface area contributed by atoms with Crippen molar-refractivity contribution in [3.63, 3.8) is 0 Å². The SMILES string of the molecule is COC(=O)COc1ccc(NC(=O)CC(N)c2ccccc2)c(C)c1.Cl. The smallest absolute Gasteiger partial charge is 0.343 e. The zero-order valence-corrected chi connectivity index (χ0v) is 15.5. The Kier molecular flexibility index (Phi) is 8.61. The van der Waals surface area contributed by atoms with E-state index in [1.807, 2.05) is 37.3 Å². The molecular formula is C19H23ClN2O4. The minimum absolute atomic E-state index is 0. The summed E-state index contributed by atoms with van der Waals surface area (Å²) in [4.78, 5) is 23.3. The van der Waals surface area contributed by atoms with Crippen molar-refractivity contribution >= 4 is 30.0 Å². The lowest BCUT2D eigenvalue weighted by atomic mass is 10.0. The number of nitrogens with two attached hydrogens (primary N) is 1. The fourth-order valence-corrected chi connectivity index (χ4v) is 2.29. The van der Waals surface area contributed by atoms with Gasteiger partial charge in [-0.15, -0.1) is 12.4 Å². The van der Waals surface area contributed by atoms with Crippen LogP contribution in [0.15, 0.2) is 48.5 Å². The van der Waals surface area contributed by atoms with Crippen molar-refractivity contribution in [2.24, 2.45) is 5.73 Å². The van der Waals surface area contributed by atoms with Gasteiger partial charge in [-0.05, 0) is 36.2 Å². The number of benzene rings is 2. The lowest BCUT2D eigenvalue weighted by Crippen LogP contribution is -2.21. The van der Waals surface area contributed by atoms with E-state index in [0.29, 0.717) is 11.4 Å². The predicted molar refractivity (Wildman–Crippen MR) is 103 cm³/mol. The molecule has 1 atom stereocenters. The quantitative estimate of drug-likeness (QED) is 0.723. The fraction of sp³-hybridized carbons (Fsp3) is 0.263. The summed E-state index contributed by atoms with van der Waals surface area (Å²) < 4.78 is 9.83. The Balaban J connectivity index is 0.00000338. The van der Waals surface area contributed by atoms with E-state index in [9.17, 15) is 9.59 Å². The number of anilines is 1. The van der Waals surface area contributed by atoms with E-state index >= 15 is 0 Å². The van der Waals surface area contributed by atoms with E-state index in [2.05, 4.69) is 10.1 Å². The van der Waals surface area contributed by atoms with Gasteiger partial charge >= 0.3 is 5.97 Å². The molecule has 0 bridgehead atoms. The number of hydrogen-bond donors (Lipinski definition) is 2. The van der Waals surface area contributed by atoms with Gasteiger partial charge in [0.1, 0.15) is 5.75 Å². The second kappa shape index (κ2) is 10.4. The number of halogens is 1. The predicted octanol–water partition coefficient (Wildman–Crippen LogP) is 3.00. The van der Waals surface area contributed by atoms with E-state index in [1.165, 1.54) is 7.11 Å². The third-order valence-corrected chi connectivity index (χ3v) is 3.69. The van der Waals surface area contributed by atoms with Gasteiger partial charge in [0.15, 0.2) is 6.61 Å². The van der Waals surface area contributed by atoms with Crippen molar-refractivity contribution < 1.29 is 19.1 Å². The minimum Gasteiger partial charge on any atom is -0.482 e. The minimum atomic E-state index is -0.454. The van der Waals surface area contributed by atoms with Crippen LogP contribution in [-0.4, -0.2) is 25.6 Å². The molecule has 2 rings (SSSR count). The maximum Gasteiger partial charge on any atom is 0.343 e. The van der Waals surface area contributed by atoms with Gasteiger partial charge in [0.05, 0.1) is 7.11 Å². The molecule has 0 spiro atoms. The van der Waals surface area contributed by atoms with Gasteiger partial charge in [-0.3, -0.25) is 4.79 Å². The van der Waals surface area contributed by atoms with Crippen LogP contribution in [0.5, 0.6) is 5.75 Å². The number of ether oxygens (including phenoxy) is 2. The normalized spacial score (nSPS) is 11.0. The third-order valence-electron chi connectivity index (χ3n) is 3.69. The number of carbonyl (C=O) groups excluding carboxylic acids is 2. The summed E-state index contributed by atoms with van der Waals surface area (Å²) in [5, 5.41) is 2.85. The summed E-state index contributed by atoms with van der Waals surface area (Å²) in [6.45, 7) is 1.69. The van der Waals surface area contributed by atoms with Crippen molar-refractivity contribution in [1.82, 2.24) is 0 Å². The molecule has 0 aromatic heterocycles. The van der Waals surface area contributed by atoms with Gasteiger partial charge in [-0.2, -0.15) is 0 Å². The number of methoxy groups -OCH3 is 1. The van der Waals surface area contributed by atoms with Crippen LogP contribution in [-0.2, 0) is 14.3 Å². The van der Waals surface area contributed by atoms with Gasteiger partial charge in [0, 0.05) is 18.2 Å². The topological polar surface area (TPSA) is 90.6 Å². The number of rotatable bonds is 7. The highest BCUT2D eigenvalue weighted by Crippen LogP contribution is 2.22. The Hall–Kier alpha value is -2.57. The van der Waals surface area contributed by atoms with E-state index in [-0.39, 0.29) is 37.4 Å². The van der Waals surface area contributed by atoms with Crippen LogP contribution in [0.25, 0.3) is 0 Å². The van der Waals surface area contributed by atoms with Crippen LogP contribution in [0, 0.1) is 6.92 Å². The highest BCUT2D eigenvalue weighted by molar-refractivity contribution is 5.92. The van der Waals surface area contributed by atoms with E-state index in [1.54, 1.807) is 18.2 Å². The lowest BCUT2D eigenvalue weighted by molar-refractivity contribution is -0.142. The average molecular weight is 379 g/mol. The monoisotopic (exact) mass is 378 g/mol. The van der Waals surface area contributed by atoms with Gasteiger partial charge in [-0.25, -0.2) is 4.79 Å². The lowest BCUT2D eigenvalue weighted by Gasteiger charge is -2.14. The molecule has 0 aliphatic heterocycles. The molecule has 0 heterocycles. The summed E-state index contributed by atoms with van der Waals surface area (Å²) in [6, 6.07) is 14.3. The van der Waals surface area contributed by atoms with Gasteiger partial charge in [0.25, 0.3) is 0 Å². The Bertz CT molecular complexity index is 738. The highest BCUT2D eigenvalue weighted by Gasteiger charge is 2.13. The van der Waals surface area contributed by atoms with E-state index in [0.717, 1.165) is 11.1 Å². The molecular weight excluding hydrogens is 356 g/mol. The fourth-order valence-electron chi connectivity index (χ4n) is 2.29. The molecule has 7 heteroatoms.